The summed E-state index contributed by atoms with van der Waals surface area (Å²) < 4.78 is 29.2. The smallest absolute Gasteiger partial charge is 0.325 e. The van der Waals surface area contributed by atoms with Crippen LogP contribution in [0.4, 0.5) is 8.78 Å². The summed E-state index contributed by atoms with van der Waals surface area (Å²) in [5.41, 5.74) is 0.853. The fourth-order valence-corrected chi connectivity index (χ4v) is 1.44. The Labute approximate surface area is 123 Å². The molecule has 0 saturated carbocycles. The number of benzene rings is 1. The van der Waals surface area contributed by atoms with Gasteiger partial charge in [-0.15, -0.1) is 0 Å². The molecule has 0 heterocycles. The van der Waals surface area contributed by atoms with Gasteiger partial charge in [-0.3, -0.25) is 9.59 Å². The Balaban J connectivity index is 0.000000384. The fourth-order valence-electron chi connectivity index (χ4n) is 1.44. The van der Waals surface area contributed by atoms with E-state index in [0.29, 0.717) is 13.0 Å². The molecule has 0 bridgehead atoms. The van der Waals surface area contributed by atoms with Crippen molar-refractivity contribution < 1.29 is 23.1 Å². The Bertz CT molecular complexity index is 453. The molecule has 1 aromatic carbocycles. The fraction of sp³-hybridized carbons (Fsp3) is 0.467. The number of hydrogen-bond donors (Lipinski definition) is 0. The van der Waals surface area contributed by atoms with Gasteiger partial charge in [-0.1, -0.05) is 19.4 Å². The summed E-state index contributed by atoms with van der Waals surface area (Å²) >= 11 is 0. The zero-order valence-electron chi connectivity index (χ0n) is 12.6. The maximum atomic E-state index is 12.5. The molecule has 0 fully saturated rings. The molecule has 0 aromatic heterocycles. The number of halogens is 2. The van der Waals surface area contributed by atoms with Crippen LogP contribution in [0.2, 0.25) is 0 Å². The van der Waals surface area contributed by atoms with Gasteiger partial charge in [-0.2, -0.15) is 0 Å². The van der Waals surface area contributed by atoms with Crippen LogP contribution in [0, 0.1) is 11.6 Å². The van der Waals surface area contributed by atoms with Gasteiger partial charge < -0.3 is 9.64 Å². The van der Waals surface area contributed by atoms with Crippen molar-refractivity contribution >= 4 is 12.4 Å². The van der Waals surface area contributed by atoms with Gasteiger partial charge in [0.2, 0.25) is 6.41 Å². The SMILES string of the molecule is CCCc1ccc(F)c(F)c1.CCN(C=O)CC(=O)OC. The van der Waals surface area contributed by atoms with Crippen LogP contribution >= 0.6 is 0 Å². The molecule has 0 saturated heterocycles. The molecule has 118 valence electrons. The normalized spacial score (nSPS) is 9.38. The molecule has 0 aliphatic rings. The molecule has 1 aromatic rings. The lowest BCUT2D eigenvalue weighted by Crippen LogP contribution is -2.28. The number of carbonyl (C=O) groups excluding carboxylic acids is 2. The minimum Gasteiger partial charge on any atom is -0.468 e. The van der Waals surface area contributed by atoms with E-state index in [1.807, 2.05) is 6.92 Å². The van der Waals surface area contributed by atoms with Crippen LogP contribution in [0.1, 0.15) is 25.8 Å². The molecule has 6 heteroatoms. The van der Waals surface area contributed by atoms with E-state index in [0.717, 1.165) is 18.4 Å². The topological polar surface area (TPSA) is 46.6 Å². The third-order valence-corrected chi connectivity index (χ3v) is 2.64. The first-order valence-corrected chi connectivity index (χ1v) is 6.68. The van der Waals surface area contributed by atoms with Crippen molar-refractivity contribution in [1.82, 2.24) is 4.90 Å². The first-order chi connectivity index (χ1) is 9.98. The Hall–Kier alpha value is -1.98. The number of esters is 1. The lowest BCUT2D eigenvalue weighted by molar-refractivity contribution is -0.143. The second-order valence-electron chi connectivity index (χ2n) is 4.24. The van der Waals surface area contributed by atoms with E-state index in [9.17, 15) is 18.4 Å². The first kappa shape index (κ1) is 19.0. The second kappa shape index (κ2) is 10.8. The van der Waals surface area contributed by atoms with Gasteiger partial charge in [0.15, 0.2) is 11.6 Å². The average molecular weight is 301 g/mol. The van der Waals surface area contributed by atoms with Gasteiger partial charge in [0, 0.05) is 6.54 Å². The first-order valence-electron chi connectivity index (χ1n) is 6.68. The third kappa shape index (κ3) is 8.02. The number of rotatable bonds is 6. The quantitative estimate of drug-likeness (QED) is 0.599. The summed E-state index contributed by atoms with van der Waals surface area (Å²) in [7, 11) is 1.29. The number of methoxy groups -OCH3 is 1. The summed E-state index contributed by atoms with van der Waals surface area (Å²) in [5.74, 6) is -1.92. The molecular formula is C15H21F2NO3. The summed E-state index contributed by atoms with van der Waals surface area (Å²) in [6, 6.07) is 4.03. The standard InChI is InChI=1S/C9H10F2.C6H11NO3/c1-2-3-7-4-5-8(10)9(11)6-7;1-3-7(5-8)4-6(9)10-2/h4-6H,2-3H2,1H3;5H,3-4H2,1-2H3. The summed E-state index contributed by atoms with van der Waals surface area (Å²) in [6.07, 6.45) is 2.37. The number of ether oxygens (including phenoxy) is 1. The van der Waals surface area contributed by atoms with Crippen molar-refractivity contribution in [3.63, 3.8) is 0 Å². The van der Waals surface area contributed by atoms with E-state index in [4.69, 9.17) is 0 Å². The number of aryl methyl sites for hydroxylation is 1. The van der Waals surface area contributed by atoms with Gasteiger partial charge in [0.25, 0.3) is 0 Å². The van der Waals surface area contributed by atoms with E-state index in [1.54, 1.807) is 13.0 Å². The van der Waals surface area contributed by atoms with Crippen LogP contribution in [-0.2, 0) is 20.7 Å². The number of likely N-dealkylation sites (N-methyl/N-ethyl adjacent to an activating group) is 1. The van der Waals surface area contributed by atoms with Gasteiger partial charge in [-0.05, 0) is 31.0 Å². The zero-order chi connectivity index (χ0) is 16.3. The maximum absolute atomic E-state index is 12.5. The highest BCUT2D eigenvalue weighted by atomic mass is 19.2. The lowest BCUT2D eigenvalue weighted by atomic mass is 10.1. The van der Waals surface area contributed by atoms with Gasteiger partial charge >= 0.3 is 5.97 Å². The van der Waals surface area contributed by atoms with E-state index < -0.39 is 17.6 Å². The molecule has 4 nitrogen and oxygen atoms in total. The average Bonchev–Trinajstić information content (AvgIpc) is 2.49. The highest BCUT2D eigenvalue weighted by molar-refractivity contribution is 5.73. The van der Waals surface area contributed by atoms with Crippen molar-refractivity contribution in [2.24, 2.45) is 0 Å². The number of nitrogens with zero attached hydrogens (tertiary/aromatic N) is 1. The monoisotopic (exact) mass is 301 g/mol. The van der Waals surface area contributed by atoms with Crippen LogP contribution in [0.25, 0.3) is 0 Å². The Kier molecular flexibility index (Phi) is 9.75. The van der Waals surface area contributed by atoms with Crippen LogP contribution in [-0.4, -0.2) is 37.5 Å². The van der Waals surface area contributed by atoms with Gasteiger partial charge in [-0.25, -0.2) is 8.78 Å². The molecule has 1 amide bonds. The summed E-state index contributed by atoms with van der Waals surface area (Å²) in [6.45, 7) is 4.35. The van der Waals surface area contributed by atoms with E-state index in [-0.39, 0.29) is 6.54 Å². The summed E-state index contributed by atoms with van der Waals surface area (Å²) in [5, 5.41) is 0. The highest BCUT2D eigenvalue weighted by Gasteiger charge is 2.04. The van der Waals surface area contributed by atoms with Crippen molar-refractivity contribution in [3.05, 3.63) is 35.4 Å². The number of carbonyl (C=O) groups is 2. The molecule has 0 unspecified atom stereocenters. The summed E-state index contributed by atoms with van der Waals surface area (Å²) in [4.78, 5) is 21.9. The molecule has 21 heavy (non-hydrogen) atoms. The largest absolute Gasteiger partial charge is 0.468 e. The molecule has 0 N–H and O–H groups in total. The molecule has 0 atom stereocenters. The maximum Gasteiger partial charge on any atom is 0.325 e. The zero-order valence-corrected chi connectivity index (χ0v) is 12.6. The van der Waals surface area contributed by atoms with Gasteiger partial charge in [0.1, 0.15) is 6.54 Å². The van der Waals surface area contributed by atoms with Crippen molar-refractivity contribution in [2.75, 3.05) is 20.2 Å². The molecule has 0 spiro atoms. The Morgan fingerprint density at radius 3 is 2.38 bits per heavy atom. The number of hydrogen-bond acceptors (Lipinski definition) is 3. The Morgan fingerprint density at radius 2 is 1.95 bits per heavy atom. The van der Waals surface area contributed by atoms with Crippen LogP contribution in [0.3, 0.4) is 0 Å². The van der Waals surface area contributed by atoms with E-state index in [2.05, 4.69) is 4.74 Å². The predicted octanol–water partition coefficient (Wildman–Crippen LogP) is 2.56. The van der Waals surface area contributed by atoms with Crippen LogP contribution in [0.5, 0.6) is 0 Å². The minimum atomic E-state index is -0.773. The molecule has 1 rings (SSSR count). The Morgan fingerprint density at radius 1 is 1.29 bits per heavy atom. The molecule has 0 aliphatic carbocycles. The minimum absolute atomic E-state index is 0.0382. The number of amides is 1. The third-order valence-electron chi connectivity index (χ3n) is 2.64. The second-order valence-corrected chi connectivity index (χ2v) is 4.24. The van der Waals surface area contributed by atoms with Crippen molar-refractivity contribution in [1.29, 1.82) is 0 Å². The molecule has 0 radical (unpaired) electrons. The van der Waals surface area contributed by atoms with Crippen molar-refractivity contribution in [2.45, 2.75) is 26.7 Å². The predicted molar refractivity (Wildman–Crippen MR) is 75.7 cm³/mol. The van der Waals surface area contributed by atoms with Crippen LogP contribution in [0.15, 0.2) is 18.2 Å². The lowest BCUT2D eigenvalue weighted by Gasteiger charge is -2.11. The molecular weight excluding hydrogens is 280 g/mol. The van der Waals surface area contributed by atoms with Crippen molar-refractivity contribution in [3.8, 4) is 0 Å². The van der Waals surface area contributed by atoms with E-state index >= 15 is 0 Å². The molecule has 0 aliphatic heterocycles. The van der Waals surface area contributed by atoms with E-state index in [1.165, 1.54) is 24.1 Å². The van der Waals surface area contributed by atoms with Crippen LogP contribution < -0.4 is 0 Å². The van der Waals surface area contributed by atoms with Gasteiger partial charge in [0.05, 0.1) is 7.11 Å². The highest BCUT2D eigenvalue weighted by Crippen LogP contribution is 2.09.